The molecule has 2 rings (SSSR count). The SMILES string of the molecule is CC(C)CC(C(=O)NCc1ccc[nH]1)N1CCCCC1=O. The van der Waals surface area contributed by atoms with Gasteiger partial charge >= 0.3 is 0 Å². The smallest absolute Gasteiger partial charge is 0.243 e. The summed E-state index contributed by atoms with van der Waals surface area (Å²) in [7, 11) is 0. The summed E-state index contributed by atoms with van der Waals surface area (Å²) in [6, 6.07) is 3.50. The molecule has 2 N–H and O–H groups in total. The van der Waals surface area contributed by atoms with E-state index in [-0.39, 0.29) is 17.9 Å². The van der Waals surface area contributed by atoms with E-state index in [1.165, 1.54) is 0 Å². The van der Waals surface area contributed by atoms with Crippen molar-refractivity contribution in [2.24, 2.45) is 5.92 Å². The van der Waals surface area contributed by atoms with E-state index in [0.717, 1.165) is 18.5 Å². The normalized spacial score (nSPS) is 17.1. The first kappa shape index (κ1) is 15.6. The van der Waals surface area contributed by atoms with Gasteiger partial charge in [0.2, 0.25) is 11.8 Å². The van der Waals surface area contributed by atoms with E-state index in [4.69, 9.17) is 0 Å². The van der Waals surface area contributed by atoms with Gasteiger partial charge < -0.3 is 15.2 Å². The fourth-order valence-electron chi connectivity index (χ4n) is 2.76. The molecular formula is C16H25N3O2. The zero-order valence-corrected chi connectivity index (χ0v) is 12.9. The van der Waals surface area contributed by atoms with Gasteiger partial charge in [-0.25, -0.2) is 0 Å². The van der Waals surface area contributed by atoms with E-state index in [0.29, 0.717) is 31.8 Å². The number of H-pyrrole nitrogens is 1. The summed E-state index contributed by atoms with van der Waals surface area (Å²) in [6.07, 6.45) is 5.04. The van der Waals surface area contributed by atoms with Gasteiger partial charge in [0.05, 0.1) is 6.54 Å². The Balaban J connectivity index is 2.00. The number of amides is 2. The molecule has 1 aliphatic rings. The predicted molar refractivity (Wildman–Crippen MR) is 81.4 cm³/mol. The molecule has 1 unspecified atom stereocenters. The van der Waals surface area contributed by atoms with Crippen molar-refractivity contribution in [1.29, 1.82) is 0 Å². The Kier molecular flexibility index (Phi) is 5.42. The summed E-state index contributed by atoms with van der Waals surface area (Å²) in [5, 5.41) is 2.94. The lowest BCUT2D eigenvalue weighted by Crippen LogP contribution is -2.51. The van der Waals surface area contributed by atoms with Gasteiger partial charge in [0.1, 0.15) is 6.04 Å². The van der Waals surface area contributed by atoms with Crippen LogP contribution in [0.2, 0.25) is 0 Å². The Hall–Kier alpha value is -1.78. The van der Waals surface area contributed by atoms with Crippen LogP contribution in [0.3, 0.4) is 0 Å². The van der Waals surface area contributed by atoms with Crippen molar-refractivity contribution in [2.45, 2.75) is 52.1 Å². The summed E-state index contributed by atoms with van der Waals surface area (Å²) in [6.45, 7) is 5.34. The van der Waals surface area contributed by atoms with Gasteiger partial charge in [0.15, 0.2) is 0 Å². The van der Waals surface area contributed by atoms with Crippen molar-refractivity contribution in [2.75, 3.05) is 6.54 Å². The second kappa shape index (κ2) is 7.29. The number of carbonyl (C=O) groups is 2. The number of nitrogens with zero attached hydrogens (tertiary/aromatic N) is 1. The van der Waals surface area contributed by atoms with Gasteiger partial charge in [0.25, 0.3) is 0 Å². The van der Waals surface area contributed by atoms with Crippen LogP contribution >= 0.6 is 0 Å². The fourth-order valence-corrected chi connectivity index (χ4v) is 2.76. The molecule has 0 radical (unpaired) electrons. The van der Waals surface area contributed by atoms with Crippen LogP contribution in [0.25, 0.3) is 0 Å². The van der Waals surface area contributed by atoms with Crippen LogP contribution in [0.1, 0.15) is 45.2 Å². The molecule has 1 atom stereocenters. The standard InChI is InChI=1S/C16H25N3O2/c1-12(2)10-14(19-9-4-3-7-15(19)20)16(21)18-11-13-6-5-8-17-13/h5-6,8,12,14,17H,3-4,7,9-11H2,1-2H3,(H,18,21). The van der Waals surface area contributed by atoms with Crippen LogP contribution in [0.4, 0.5) is 0 Å². The predicted octanol–water partition coefficient (Wildman–Crippen LogP) is 2.06. The van der Waals surface area contributed by atoms with Crippen molar-refractivity contribution in [3.63, 3.8) is 0 Å². The van der Waals surface area contributed by atoms with E-state index in [9.17, 15) is 9.59 Å². The third-order valence-corrected chi connectivity index (χ3v) is 3.85. The lowest BCUT2D eigenvalue weighted by atomic mass is 9.98. The van der Waals surface area contributed by atoms with E-state index in [1.807, 2.05) is 18.3 Å². The number of aromatic amines is 1. The van der Waals surface area contributed by atoms with Crippen LogP contribution in [0.5, 0.6) is 0 Å². The van der Waals surface area contributed by atoms with Gasteiger partial charge in [-0.1, -0.05) is 13.8 Å². The van der Waals surface area contributed by atoms with Gasteiger partial charge in [0, 0.05) is 24.9 Å². The van der Waals surface area contributed by atoms with Crippen molar-refractivity contribution < 1.29 is 9.59 Å². The lowest BCUT2D eigenvalue weighted by Gasteiger charge is -2.34. The van der Waals surface area contributed by atoms with Crippen LogP contribution < -0.4 is 5.32 Å². The summed E-state index contributed by atoms with van der Waals surface area (Å²) in [5.41, 5.74) is 0.969. The monoisotopic (exact) mass is 291 g/mol. The van der Waals surface area contributed by atoms with Crippen LogP contribution in [-0.4, -0.2) is 34.3 Å². The molecule has 1 aromatic heterocycles. The van der Waals surface area contributed by atoms with Crippen molar-refractivity contribution in [3.8, 4) is 0 Å². The van der Waals surface area contributed by atoms with Crippen LogP contribution in [0, 0.1) is 5.92 Å². The molecule has 1 aromatic rings. The maximum absolute atomic E-state index is 12.5. The Morgan fingerprint density at radius 1 is 1.43 bits per heavy atom. The largest absolute Gasteiger partial charge is 0.364 e. The van der Waals surface area contributed by atoms with E-state index in [2.05, 4.69) is 24.1 Å². The summed E-state index contributed by atoms with van der Waals surface area (Å²) in [4.78, 5) is 29.4. The van der Waals surface area contributed by atoms with Gasteiger partial charge in [-0.2, -0.15) is 0 Å². The molecule has 116 valence electrons. The first-order valence-corrected chi connectivity index (χ1v) is 7.77. The first-order chi connectivity index (χ1) is 10.1. The molecule has 0 aliphatic carbocycles. The minimum atomic E-state index is -0.340. The highest BCUT2D eigenvalue weighted by Crippen LogP contribution is 2.19. The highest BCUT2D eigenvalue weighted by molar-refractivity contribution is 5.88. The third-order valence-electron chi connectivity index (χ3n) is 3.85. The topological polar surface area (TPSA) is 65.2 Å². The molecule has 21 heavy (non-hydrogen) atoms. The summed E-state index contributed by atoms with van der Waals surface area (Å²) < 4.78 is 0. The molecule has 0 saturated carbocycles. The summed E-state index contributed by atoms with van der Waals surface area (Å²) >= 11 is 0. The molecule has 2 heterocycles. The number of rotatable bonds is 6. The molecule has 0 bridgehead atoms. The van der Waals surface area contributed by atoms with Crippen molar-refractivity contribution in [1.82, 2.24) is 15.2 Å². The minimum absolute atomic E-state index is 0.0476. The Labute approximate surface area is 126 Å². The zero-order chi connectivity index (χ0) is 15.2. The second-order valence-electron chi connectivity index (χ2n) is 6.10. The average molecular weight is 291 g/mol. The molecule has 0 aromatic carbocycles. The molecule has 5 nitrogen and oxygen atoms in total. The highest BCUT2D eigenvalue weighted by atomic mass is 16.2. The van der Waals surface area contributed by atoms with E-state index >= 15 is 0 Å². The molecule has 1 aliphatic heterocycles. The van der Waals surface area contributed by atoms with Gasteiger partial charge in [-0.15, -0.1) is 0 Å². The molecule has 1 fully saturated rings. The maximum Gasteiger partial charge on any atom is 0.243 e. The lowest BCUT2D eigenvalue weighted by molar-refractivity contribution is -0.143. The van der Waals surface area contributed by atoms with E-state index < -0.39 is 0 Å². The molecule has 0 spiro atoms. The maximum atomic E-state index is 12.5. The van der Waals surface area contributed by atoms with E-state index in [1.54, 1.807) is 4.90 Å². The second-order valence-corrected chi connectivity index (χ2v) is 6.10. The van der Waals surface area contributed by atoms with Crippen molar-refractivity contribution >= 4 is 11.8 Å². The van der Waals surface area contributed by atoms with Crippen molar-refractivity contribution in [3.05, 3.63) is 24.0 Å². The number of nitrogens with one attached hydrogen (secondary N) is 2. The average Bonchev–Trinajstić information content (AvgIpc) is 2.96. The van der Waals surface area contributed by atoms with Crippen LogP contribution in [0.15, 0.2) is 18.3 Å². The number of likely N-dealkylation sites (tertiary alicyclic amines) is 1. The number of hydrogen-bond donors (Lipinski definition) is 2. The minimum Gasteiger partial charge on any atom is -0.364 e. The molecule has 2 amide bonds. The fraction of sp³-hybridized carbons (Fsp3) is 0.625. The Morgan fingerprint density at radius 3 is 2.86 bits per heavy atom. The zero-order valence-electron chi connectivity index (χ0n) is 12.9. The molecule has 1 saturated heterocycles. The summed E-state index contributed by atoms with van der Waals surface area (Å²) in [5.74, 6) is 0.441. The number of piperidine rings is 1. The highest BCUT2D eigenvalue weighted by Gasteiger charge is 2.31. The quantitative estimate of drug-likeness (QED) is 0.842. The third kappa shape index (κ3) is 4.34. The first-order valence-electron chi connectivity index (χ1n) is 7.77. The number of aromatic nitrogens is 1. The van der Waals surface area contributed by atoms with Gasteiger partial charge in [-0.3, -0.25) is 9.59 Å². The Morgan fingerprint density at radius 2 is 2.24 bits per heavy atom. The Bertz CT molecular complexity index is 468. The van der Waals surface area contributed by atoms with Crippen LogP contribution in [-0.2, 0) is 16.1 Å². The number of hydrogen-bond acceptors (Lipinski definition) is 2. The molecule has 5 heteroatoms. The number of carbonyl (C=O) groups excluding carboxylic acids is 2. The molecular weight excluding hydrogens is 266 g/mol. The van der Waals surface area contributed by atoms with Gasteiger partial charge in [-0.05, 0) is 37.3 Å².